The molecular weight excluding hydrogens is 250 g/mol. The summed E-state index contributed by atoms with van der Waals surface area (Å²) >= 11 is 0. The molecule has 1 aliphatic carbocycles. The molecule has 20 heavy (non-hydrogen) atoms. The largest absolute Gasteiger partial charge is 0.322 e. The van der Waals surface area contributed by atoms with Crippen LogP contribution >= 0.6 is 0 Å². The topological polar surface area (TPSA) is 44.4 Å². The van der Waals surface area contributed by atoms with Gasteiger partial charge < -0.3 is 15.5 Å². The Kier molecular flexibility index (Phi) is 5.01. The third-order valence-electron chi connectivity index (χ3n) is 3.76. The van der Waals surface area contributed by atoms with Crippen LogP contribution in [0, 0.1) is 0 Å². The zero-order chi connectivity index (χ0) is 14.5. The third-order valence-corrected chi connectivity index (χ3v) is 3.76. The molecule has 0 spiro atoms. The number of rotatable bonds is 6. The van der Waals surface area contributed by atoms with E-state index in [2.05, 4.69) is 36.6 Å². The van der Waals surface area contributed by atoms with Crippen molar-refractivity contribution in [2.45, 2.75) is 45.7 Å². The number of hydrogen-bond donors (Lipinski definition) is 2. The molecule has 2 amide bonds. The van der Waals surface area contributed by atoms with E-state index in [1.54, 1.807) is 0 Å². The number of nitrogens with one attached hydrogen (secondary N) is 2. The van der Waals surface area contributed by atoms with Gasteiger partial charge in [-0.3, -0.25) is 0 Å². The minimum Gasteiger partial charge on any atom is -0.322 e. The summed E-state index contributed by atoms with van der Waals surface area (Å²) in [6, 6.07) is 8.88. The van der Waals surface area contributed by atoms with Crippen molar-refractivity contribution < 1.29 is 4.79 Å². The molecule has 1 aromatic rings. The lowest BCUT2D eigenvalue weighted by Crippen LogP contribution is -2.36. The first-order chi connectivity index (χ1) is 9.65. The molecular formula is C16H25N3O. The molecule has 4 heteroatoms. The number of benzene rings is 1. The number of carbonyl (C=O) groups is 1. The fourth-order valence-electron chi connectivity index (χ4n) is 2.43. The Morgan fingerprint density at radius 2 is 1.95 bits per heavy atom. The van der Waals surface area contributed by atoms with Crippen molar-refractivity contribution in [2.24, 2.45) is 0 Å². The number of carbonyl (C=O) groups excluding carboxylic acids is 1. The lowest BCUT2D eigenvalue weighted by molar-refractivity contribution is 0.212. The van der Waals surface area contributed by atoms with Crippen LogP contribution in [-0.2, 0) is 0 Å². The Labute approximate surface area is 121 Å². The standard InChI is InChI=1S/C16H25N3O/c1-4-17-12(3)13-6-8-14(9-7-13)18-16(20)19(5-2)15-10-11-15/h6-9,12,15,17H,4-5,10-11H2,1-3H3,(H,18,20). The van der Waals surface area contributed by atoms with Gasteiger partial charge in [0.15, 0.2) is 0 Å². The van der Waals surface area contributed by atoms with Crippen molar-refractivity contribution in [3.8, 4) is 0 Å². The van der Waals surface area contributed by atoms with Crippen molar-refractivity contribution in [1.82, 2.24) is 10.2 Å². The Balaban J connectivity index is 1.94. The minimum absolute atomic E-state index is 0.0162. The van der Waals surface area contributed by atoms with Gasteiger partial charge in [-0.25, -0.2) is 4.79 Å². The van der Waals surface area contributed by atoms with E-state index in [0.717, 1.165) is 31.6 Å². The fourth-order valence-corrected chi connectivity index (χ4v) is 2.43. The predicted molar refractivity (Wildman–Crippen MR) is 83.0 cm³/mol. The normalized spacial score (nSPS) is 15.8. The van der Waals surface area contributed by atoms with Gasteiger partial charge >= 0.3 is 6.03 Å². The SMILES string of the molecule is CCNC(C)c1ccc(NC(=O)N(CC)C2CC2)cc1. The average molecular weight is 275 g/mol. The molecule has 2 N–H and O–H groups in total. The predicted octanol–water partition coefficient (Wildman–Crippen LogP) is 3.37. The molecule has 1 fully saturated rings. The number of nitrogens with zero attached hydrogens (tertiary/aromatic N) is 1. The van der Waals surface area contributed by atoms with Crippen LogP contribution in [0.1, 0.15) is 45.2 Å². The second-order valence-electron chi connectivity index (χ2n) is 5.35. The Morgan fingerprint density at radius 3 is 2.45 bits per heavy atom. The van der Waals surface area contributed by atoms with Crippen LogP contribution in [0.15, 0.2) is 24.3 Å². The summed E-state index contributed by atoms with van der Waals surface area (Å²) in [4.78, 5) is 14.1. The van der Waals surface area contributed by atoms with Crippen molar-refractivity contribution in [2.75, 3.05) is 18.4 Å². The minimum atomic E-state index is 0.0162. The first-order valence-electron chi connectivity index (χ1n) is 7.56. The van der Waals surface area contributed by atoms with Gasteiger partial charge in [0.2, 0.25) is 0 Å². The molecule has 2 rings (SSSR count). The lowest BCUT2D eigenvalue weighted by atomic mass is 10.1. The molecule has 0 aromatic heterocycles. The van der Waals surface area contributed by atoms with Crippen LogP contribution in [0.5, 0.6) is 0 Å². The number of hydrogen-bond acceptors (Lipinski definition) is 2. The highest BCUT2D eigenvalue weighted by atomic mass is 16.2. The summed E-state index contributed by atoms with van der Waals surface area (Å²) in [5.74, 6) is 0. The van der Waals surface area contributed by atoms with Gasteiger partial charge in [-0.1, -0.05) is 19.1 Å². The van der Waals surface area contributed by atoms with Crippen LogP contribution in [-0.4, -0.2) is 30.1 Å². The Hall–Kier alpha value is -1.55. The summed E-state index contributed by atoms with van der Waals surface area (Å²) in [7, 11) is 0. The second kappa shape index (κ2) is 6.75. The van der Waals surface area contributed by atoms with E-state index < -0.39 is 0 Å². The van der Waals surface area contributed by atoms with Gasteiger partial charge in [-0.15, -0.1) is 0 Å². The third kappa shape index (κ3) is 3.73. The van der Waals surface area contributed by atoms with Gasteiger partial charge in [0.25, 0.3) is 0 Å². The second-order valence-corrected chi connectivity index (χ2v) is 5.35. The molecule has 1 saturated carbocycles. The Morgan fingerprint density at radius 1 is 1.30 bits per heavy atom. The maximum Gasteiger partial charge on any atom is 0.322 e. The van der Waals surface area contributed by atoms with Crippen molar-refractivity contribution in [1.29, 1.82) is 0 Å². The highest BCUT2D eigenvalue weighted by molar-refractivity contribution is 5.89. The van der Waals surface area contributed by atoms with Gasteiger partial charge in [0.05, 0.1) is 0 Å². The monoisotopic (exact) mass is 275 g/mol. The molecule has 0 bridgehead atoms. The summed E-state index contributed by atoms with van der Waals surface area (Å²) in [5, 5.41) is 6.36. The number of anilines is 1. The van der Waals surface area contributed by atoms with E-state index in [-0.39, 0.29) is 6.03 Å². The molecule has 1 atom stereocenters. The van der Waals surface area contributed by atoms with E-state index in [4.69, 9.17) is 0 Å². The number of amides is 2. The molecule has 0 heterocycles. The fraction of sp³-hybridized carbons (Fsp3) is 0.562. The van der Waals surface area contributed by atoms with E-state index >= 15 is 0 Å². The molecule has 0 saturated heterocycles. The average Bonchev–Trinajstić information content (AvgIpc) is 3.25. The zero-order valence-corrected chi connectivity index (χ0v) is 12.6. The summed E-state index contributed by atoms with van der Waals surface area (Å²) in [6.45, 7) is 7.99. The van der Waals surface area contributed by atoms with Crippen LogP contribution < -0.4 is 10.6 Å². The van der Waals surface area contributed by atoms with Crippen molar-refractivity contribution in [3.05, 3.63) is 29.8 Å². The van der Waals surface area contributed by atoms with Gasteiger partial charge in [0, 0.05) is 24.3 Å². The maximum atomic E-state index is 12.1. The van der Waals surface area contributed by atoms with Crippen LogP contribution in [0.4, 0.5) is 10.5 Å². The smallest absolute Gasteiger partial charge is 0.322 e. The van der Waals surface area contributed by atoms with Gasteiger partial charge in [-0.05, 0) is 50.9 Å². The highest BCUT2D eigenvalue weighted by Gasteiger charge is 2.31. The summed E-state index contributed by atoms with van der Waals surface area (Å²) in [5.41, 5.74) is 2.10. The van der Waals surface area contributed by atoms with E-state index in [9.17, 15) is 4.79 Å². The van der Waals surface area contributed by atoms with Gasteiger partial charge in [-0.2, -0.15) is 0 Å². The van der Waals surface area contributed by atoms with Crippen molar-refractivity contribution >= 4 is 11.7 Å². The summed E-state index contributed by atoms with van der Waals surface area (Å²) < 4.78 is 0. The van der Waals surface area contributed by atoms with Crippen LogP contribution in [0.2, 0.25) is 0 Å². The lowest BCUT2D eigenvalue weighted by Gasteiger charge is -2.21. The number of urea groups is 1. The quantitative estimate of drug-likeness (QED) is 0.836. The molecule has 0 radical (unpaired) electrons. The van der Waals surface area contributed by atoms with Crippen molar-refractivity contribution in [3.63, 3.8) is 0 Å². The molecule has 4 nitrogen and oxygen atoms in total. The van der Waals surface area contributed by atoms with Crippen LogP contribution in [0.25, 0.3) is 0 Å². The molecule has 0 aliphatic heterocycles. The maximum absolute atomic E-state index is 12.1. The first kappa shape index (κ1) is 14.9. The van der Waals surface area contributed by atoms with E-state index in [1.807, 2.05) is 24.0 Å². The molecule has 110 valence electrons. The summed E-state index contributed by atoms with van der Waals surface area (Å²) in [6.07, 6.45) is 2.28. The van der Waals surface area contributed by atoms with E-state index in [1.165, 1.54) is 5.56 Å². The Bertz CT molecular complexity index is 440. The highest BCUT2D eigenvalue weighted by Crippen LogP contribution is 2.27. The molecule has 1 aliphatic rings. The molecule has 1 aromatic carbocycles. The zero-order valence-electron chi connectivity index (χ0n) is 12.6. The molecule has 1 unspecified atom stereocenters. The van der Waals surface area contributed by atoms with E-state index in [0.29, 0.717) is 12.1 Å². The van der Waals surface area contributed by atoms with Gasteiger partial charge in [0.1, 0.15) is 0 Å². The first-order valence-corrected chi connectivity index (χ1v) is 7.56. The van der Waals surface area contributed by atoms with Crippen LogP contribution in [0.3, 0.4) is 0 Å².